The molecule has 1 aromatic heterocycles. The van der Waals surface area contributed by atoms with Gasteiger partial charge in [-0.3, -0.25) is 25.0 Å². The van der Waals surface area contributed by atoms with Crippen LogP contribution in [0.15, 0.2) is 64.6 Å². The van der Waals surface area contributed by atoms with Crippen molar-refractivity contribution in [2.45, 2.75) is 13.8 Å². The van der Waals surface area contributed by atoms with Crippen LogP contribution < -0.4 is 15.0 Å². The van der Waals surface area contributed by atoms with Gasteiger partial charge in [0.15, 0.2) is 0 Å². The highest BCUT2D eigenvalue weighted by molar-refractivity contribution is 6.39. The minimum absolute atomic E-state index is 0.0576. The molecule has 1 N–H and O–H groups in total. The number of amides is 4. The zero-order valence-electron chi connectivity index (χ0n) is 18.2. The quantitative estimate of drug-likeness (QED) is 0.251. The lowest BCUT2D eigenvalue weighted by atomic mass is 10.1. The number of nitrogens with zero attached hydrogens (tertiary/aromatic N) is 2. The normalized spacial score (nSPS) is 14.9. The summed E-state index contributed by atoms with van der Waals surface area (Å²) in [4.78, 5) is 49.6. The average Bonchev–Trinajstić information content (AvgIpc) is 3.26. The largest absolute Gasteiger partial charge is 0.492 e. The van der Waals surface area contributed by atoms with Gasteiger partial charge in [0.25, 0.3) is 17.5 Å². The molecule has 4 rings (SSSR count). The van der Waals surface area contributed by atoms with E-state index in [2.05, 4.69) is 5.32 Å². The molecule has 2 heterocycles. The van der Waals surface area contributed by atoms with Crippen molar-refractivity contribution in [3.63, 3.8) is 0 Å². The minimum atomic E-state index is -0.897. The fourth-order valence-corrected chi connectivity index (χ4v) is 3.48. The van der Waals surface area contributed by atoms with E-state index in [1.54, 1.807) is 50.2 Å². The highest BCUT2D eigenvalue weighted by Gasteiger charge is 2.38. The Morgan fingerprint density at radius 1 is 1.12 bits per heavy atom. The predicted octanol–water partition coefficient (Wildman–Crippen LogP) is 4.23. The van der Waals surface area contributed by atoms with Gasteiger partial charge in [-0.05, 0) is 44.2 Å². The first kappa shape index (κ1) is 22.5. The third kappa shape index (κ3) is 4.16. The van der Waals surface area contributed by atoms with Crippen molar-refractivity contribution >= 4 is 35.3 Å². The molecule has 10 nitrogen and oxygen atoms in total. The van der Waals surface area contributed by atoms with Gasteiger partial charge in [0.2, 0.25) is 0 Å². The molecule has 10 heteroatoms. The van der Waals surface area contributed by atoms with E-state index in [1.165, 1.54) is 24.3 Å². The highest BCUT2D eigenvalue weighted by Crippen LogP contribution is 2.32. The summed E-state index contributed by atoms with van der Waals surface area (Å²) in [5, 5.41) is 13.4. The maximum Gasteiger partial charge on any atom is 0.336 e. The molecule has 1 aliphatic heterocycles. The van der Waals surface area contributed by atoms with E-state index < -0.39 is 22.8 Å². The van der Waals surface area contributed by atoms with Crippen LogP contribution in [0.5, 0.6) is 5.75 Å². The molecule has 0 aliphatic carbocycles. The third-order valence-corrected chi connectivity index (χ3v) is 5.11. The number of benzene rings is 2. The summed E-state index contributed by atoms with van der Waals surface area (Å²) in [7, 11) is 0. The van der Waals surface area contributed by atoms with Crippen molar-refractivity contribution in [3.8, 4) is 17.1 Å². The van der Waals surface area contributed by atoms with Gasteiger partial charge in [-0.25, -0.2) is 9.69 Å². The Hall–Kier alpha value is -4.73. The number of nitrogens with one attached hydrogen (secondary N) is 1. The molecule has 0 spiro atoms. The number of hydrogen-bond donors (Lipinski definition) is 1. The molecule has 0 saturated carbocycles. The zero-order chi connectivity index (χ0) is 24.4. The Bertz CT molecular complexity index is 1360. The number of nitro benzene ring substituents is 1. The number of imide groups is 2. The molecule has 172 valence electrons. The molecular weight excluding hydrogens is 442 g/mol. The molecule has 0 radical (unpaired) electrons. The second kappa shape index (κ2) is 9.02. The van der Waals surface area contributed by atoms with E-state index in [0.29, 0.717) is 29.2 Å². The van der Waals surface area contributed by atoms with Gasteiger partial charge in [0, 0.05) is 17.2 Å². The minimum Gasteiger partial charge on any atom is -0.492 e. The summed E-state index contributed by atoms with van der Waals surface area (Å²) in [6, 6.07) is 13.3. The lowest BCUT2D eigenvalue weighted by Gasteiger charge is -2.27. The van der Waals surface area contributed by atoms with Crippen molar-refractivity contribution in [1.29, 1.82) is 0 Å². The van der Waals surface area contributed by atoms with Gasteiger partial charge >= 0.3 is 6.03 Å². The van der Waals surface area contributed by atoms with Crippen LogP contribution in [0.3, 0.4) is 0 Å². The molecule has 0 unspecified atom stereocenters. The summed E-state index contributed by atoms with van der Waals surface area (Å²) in [6.07, 6.45) is 1.21. The van der Waals surface area contributed by atoms with Crippen LogP contribution in [-0.2, 0) is 9.59 Å². The number of anilines is 1. The SMILES string of the molecule is CCOc1ccccc1N1C(=O)NC(=O)/C(=C\c2ccc(-c3ccc(C)c([N+](=O)[O-])c3)o2)C1=O. The molecule has 3 aromatic rings. The number of hydrogen-bond acceptors (Lipinski definition) is 7. The number of rotatable bonds is 6. The number of ether oxygens (including phenoxy) is 1. The molecule has 4 amide bonds. The topological polar surface area (TPSA) is 132 Å². The summed E-state index contributed by atoms with van der Waals surface area (Å²) >= 11 is 0. The molecule has 0 atom stereocenters. The van der Waals surface area contributed by atoms with Crippen LogP contribution in [0, 0.1) is 17.0 Å². The highest BCUT2D eigenvalue weighted by atomic mass is 16.6. The molecule has 1 aliphatic rings. The molecule has 34 heavy (non-hydrogen) atoms. The van der Waals surface area contributed by atoms with Gasteiger partial charge in [-0.2, -0.15) is 0 Å². The Kier molecular flexibility index (Phi) is 5.96. The van der Waals surface area contributed by atoms with Crippen molar-refractivity contribution in [2.24, 2.45) is 0 Å². The lowest BCUT2D eigenvalue weighted by Crippen LogP contribution is -2.54. The van der Waals surface area contributed by atoms with Crippen molar-refractivity contribution in [2.75, 3.05) is 11.5 Å². The van der Waals surface area contributed by atoms with Crippen molar-refractivity contribution < 1.29 is 28.5 Å². The third-order valence-electron chi connectivity index (χ3n) is 5.11. The van der Waals surface area contributed by atoms with E-state index in [1.807, 2.05) is 0 Å². The maximum atomic E-state index is 13.1. The summed E-state index contributed by atoms with van der Waals surface area (Å²) < 4.78 is 11.2. The second-order valence-electron chi connectivity index (χ2n) is 7.32. The zero-order valence-corrected chi connectivity index (χ0v) is 18.2. The van der Waals surface area contributed by atoms with Gasteiger partial charge in [-0.1, -0.05) is 24.3 Å². The number of urea groups is 1. The van der Waals surface area contributed by atoms with Crippen LogP contribution in [0.4, 0.5) is 16.2 Å². The summed E-state index contributed by atoms with van der Waals surface area (Å²) in [6.45, 7) is 3.71. The maximum absolute atomic E-state index is 13.1. The Morgan fingerprint density at radius 3 is 2.62 bits per heavy atom. The van der Waals surface area contributed by atoms with Gasteiger partial charge in [0.1, 0.15) is 22.8 Å². The number of nitro groups is 1. The fourth-order valence-electron chi connectivity index (χ4n) is 3.48. The molecule has 0 bridgehead atoms. The molecule has 2 aromatic carbocycles. The Morgan fingerprint density at radius 2 is 1.88 bits per heavy atom. The van der Waals surface area contributed by atoms with Crippen LogP contribution >= 0.6 is 0 Å². The van der Waals surface area contributed by atoms with E-state index >= 15 is 0 Å². The number of para-hydroxylation sites is 2. The first-order chi connectivity index (χ1) is 16.3. The fraction of sp³-hybridized carbons (Fsp3) is 0.125. The summed E-state index contributed by atoms with van der Waals surface area (Å²) in [5.74, 6) is -0.935. The standard InChI is InChI=1S/C24H19N3O7/c1-3-33-21-7-5-4-6-18(21)26-23(29)17(22(28)25-24(26)30)13-16-10-11-20(34-16)15-9-8-14(2)19(12-15)27(31)32/h4-13H,3H2,1-2H3,(H,25,28,30)/b17-13+. The first-order valence-electron chi connectivity index (χ1n) is 10.3. The van der Waals surface area contributed by atoms with Crippen molar-refractivity contribution in [3.05, 3.63) is 81.6 Å². The molecule has 1 fully saturated rings. The van der Waals surface area contributed by atoms with E-state index in [4.69, 9.17) is 9.15 Å². The summed E-state index contributed by atoms with van der Waals surface area (Å²) in [5.41, 5.74) is 0.782. The Labute approximate surface area is 193 Å². The number of aryl methyl sites for hydroxylation is 1. The monoisotopic (exact) mass is 461 g/mol. The van der Waals surface area contributed by atoms with E-state index in [-0.39, 0.29) is 22.7 Å². The number of furan rings is 1. The number of barbiturate groups is 1. The molecule has 1 saturated heterocycles. The average molecular weight is 461 g/mol. The second-order valence-corrected chi connectivity index (χ2v) is 7.32. The lowest BCUT2D eigenvalue weighted by molar-refractivity contribution is -0.385. The van der Waals surface area contributed by atoms with E-state index in [0.717, 1.165) is 4.90 Å². The predicted molar refractivity (Wildman–Crippen MR) is 122 cm³/mol. The first-order valence-corrected chi connectivity index (χ1v) is 10.3. The van der Waals surface area contributed by atoms with Gasteiger partial charge < -0.3 is 9.15 Å². The van der Waals surface area contributed by atoms with Crippen LogP contribution in [0.25, 0.3) is 17.4 Å². The van der Waals surface area contributed by atoms with Crippen LogP contribution in [-0.4, -0.2) is 29.4 Å². The van der Waals surface area contributed by atoms with E-state index in [9.17, 15) is 24.5 Å². The van der Waals surface area contributed by atoms with Gasteiger partial charge in [0.05, 0.1) is 17.2 Å². The van der Waals surface area contributed by atoms with Crippen molar-refractivity contribution in [1.82, 2.24) is 5.32 Å². The van der Waals surface area contributed by atoms with Crippen LogP contribution in [0.1, 0.15) is 18.2 Å². The Balaban J connectivity index is 1.69. The molecular formula is C24H19N3O7. The van der Waals surface area contributed by atoms with Gasteiger partial charge in [-0.15, -0.1) is 0 Å². The number of carbonyl (C=O) groups is 3. The van der Waals surface area contributed by atoms with Crippen LogP contribution in [0.2, 0.25) is 0 Å². The number of carbonyl (C=O) groups excluding carboxylic acids is 3. The smallest absolute Gasteiger partial charge is 0.336 e.